The van der Waals surface area contributed by atoms with Crippen LogP contribution in [0.15, 0.2) is 44.2 Å². The summed E-state index contributed by atoms with van der Waals surface area (Å²) in [6.45, 7) is 7.14. The van der Waals surface area contributed by atoms with E-state index in [0.717, 1.165) is 0 Å². The van der Waals surface area contributed by atoms with E-state index < -0.39 is 18.4 Å². The number of thioether (sulfide) groups is 1. The first-order chi connectivity index (χ1) is 11.7. The van der Waals surface area contributed by atoms with Gasteiger partial charge in [0.2, 0.25) is 0 Å². The number of benzene rings is 1. The third-order valence-electron chi connectivity index (χ3n) is 4.80. The Labute approximate surface area is 158 Å². The Morgan fingerprint density at radius 3 is 1.83 bits per heavy atom. The van der Waals surface area contributed by atoms with E-state index in [2.05, 4.69) is 57.2 Å². The molecular formula is C21H36OSSn. The Morgan fingerprint density at radius 2 is 1.42 bits per heavy atom. The predicted octanol–water partition coefficient (Wildman–Crippen LogP) is 7.04. The molecule has 0 aliphatic rings. The van der Waals surface area contributed by atoms with Gasteiger partial charge in [-0.2, -0.15) is 0 Å². The van der Waals surface area contributed by atoms with Crippen LogP contribution in [0.25, 0.3) is 0 Å². The molecule has 136 valence electrons. The molecule has 0 aliphatic carbocycles. The third kappa shape index (κ3) is 7.53. The van der Waals surface area contributed by atoms with Crippen LogP contribution in [0.3, 0.4) is 0 Å². The molecule has 0 heterocycles. The van der Waals surface area contributed by atoms with Crippen molar-refractivity contribution in [2.75, 3.05) is 6.61 Å². The van der Waals surface area contributed by atoms with Crippen LogP contribution in [-0.4, -0.2) is 30.1 Å². The van der Waals surface area contributed by atoms with Crippen LogP contribution in [0.5, 0.6) is 0 Å². The Morgan fingerprint density at radius 1 is 0.917 bits per heavy atom. The molecule has 0 amide bonds. The van der Waals surface area contributed by atoms with Crippen molar-refractivity contribution in [3.05, 3.63) is 39.3 Å². The number of hydrogen-bond donors (Lipinski definition) is 1. The summed E-state index contributed by atoms with van der Waals surface area (Å²) in [6.07, 6.45) is 10.1. The SMILES string of the molecule is CCC[CH2][Sn]([CH2]CCC)([CH2]CCC)[C](=CCO)Sc1ccccc1. The Hall–Kier alpha value is 0.0687. The molecule has 0 spiro atoms. The monoisotopic (exact) mass is 456 g/mol. The van der Waals surface area contributed by atoms with Crippen LogP contribution in [-0.2, 0) is 0 Å². The van der Waals surface area contributed by atoms with Gasteiger partial charge in [0, 0.05) is 0 Å². The molecule has 0 fully saturated rings. The average molecular weight is 455 g/mol. The zero-order valence-electron chi connectivity index (χ0n) is 15.9. The van der Waals surface area contributed by atoms with Gasteiger partial charge in [0.25, 0.3) is 0 Å². The third-order valence-corrected chi connectivity index (χ3v) is 24.3. The minimum absolute atomic E-state index is 0.193. The van der Waals surface area contributed by atoms with Crippen molar-refractivity contribution >= 4 is 30.1 Å². The van der Waals surface area contributed by atoms with E-state index >= 15 is 0 Å². The minimum atomic E-state index is -2.43. The van der Waals surface area contributed by atoms with Crippen molar-refractivity contribution < 1.29 is 5.11 Å². The molecule has 1 aromatic carbocycles. The molecule has 0 bridgehead atoms. The number of unbranched alkanes of at least 4 members (excludes halogenated alkanes) is 3. The van der Waals surface area contributed by atoms with Crippen LogP contribution in [0.1, 0.15) is 59.3 Å². The first-order valence-electron chi connectivity index (χ1n) is 9.76. The fraction of sp³-hybridized carbons (Fsp3) is 0.619. The number of rotatable bonds is 13. The maximum atomic E-state index is 9.70. The summed E-state index contributed by atoms with van der Waals surface area (Å²) < 4.78 is 5.97. The first-order valence-corrected chi connectivity index (χ1v) is 18.1. The number of hydrogen-bond acceptors (Lipinski definition) is 2. The summed E-state index contributed by atoms with van der Waals surface area (Å²) in [4.78, 5) is 1.34. The number of aliphatic hydroxyl groups is 1. The second kappa shape index (κ2) is 13.3. The van der Waals surface area contributed by atoms with E-state index in [1.807, 2.05) is 11.8 Å². The van der Waals surface area contributed by atoms with Gasteiger partial charge in [-0.3, -0.25) is 0 Å². The number of aliphatic hydroxyl groups excluding tert-OH is 1. The fourth-order valence-electron chi connectivity index (χ4n) is 3.35. The second-order valence-corrected chi connectivity index (χ2v) is 22.0. The van der Waals surface area contributed by atoms with Crippen molar-refractivity contribution in [3.8, 4) is 0 Å². The molecular weight excluding hydrogens is 419 g/mol. The Balaban J connectivity index is 3.12. The molecule has 0 aromatic heterocycles. The molecule has 0 saturated heterocycles. The van der Waals surface area contributed by atoms with E-state index in [-0.39, 0.29) is 6.61 Å². The maximum absolute atomic E-state index is 9.70. The van der Waals surface area contributed by atoms with Gasteiger partial charge in [0.15, 0.2) is 0 Å². The standard InChI is InChI=1S/C9H9OS.3C4H9.Sn/c10-7-4-8-11-9-5-2-1-3-6-9;3*1-3-4-2;/h1-6,10H,7H2;3*1,3-4H2,2H3;. The zero-order valence-corrected chi connectivity index (χ0v) is 19.6. The second-order valence-electron chi connectivity index (χ2n) is 6.76. The molecule has 3 heteroatoms. The van der Waals surface area contributed by atoms with Gasteiger partial charge in [-0.25, -0.2) is 0 Å². The molecule has 0 aliphatic heterocycles. The summed E-state index contributed by atoms with van der Waals surface area (Å²) in [5.41, 5.74) is 0. The fourth-order valence-corrected chi connectivity index (χ4v) is 23.8. The first kappa shape index (κ1) is 22.1. The molecule has 0 radical (unpaired) electrons. The molecule has 0 atom stereocenters. The van der Waals surface area contributed by atoms with E-state index in [4.69, 9.17) is 0 Å². The zero-order chi connectivity index (χ0) is 17.7. The molecule has 24 heavy (non-hydrogen) atoms. The van der Waals surface area contributed by atoms with Crippen molar-refractivity contribution in [1.82, 2.24) is 0 Å². The molecule has 1 aromatic rings. The predicted molar refractivity (Wildman–Crippen MR) is 112 cm³/mol. The van der Waals surface area contributed by atoms with Gasteiger partial charge in [-0.05, 0) is 0 Å². The molecule has 0 unspecified atom stereocenters. The summed E-state index contributed by atoms with van der Waals surface area (Å²) >= 11 is -0.467. The van der Waals surface area contributed by atoms with Crippen molar-refractivity contribution in [2.45, 2.75) is 77.5 Å². The van der Waals surface area contributed by atoms with Gasteiger partial charge in [-0.1, -0.05) is 0 Å². The van der Waals surface area contributed by atoms with E-state index in [0.29, 0.717) is 0 Å². The molecule has 1 rings (SSSR count). The summed E-state index contributed by atoms with van der Waals surface area (Å²) in [5.74, 6) is 0. The molecule has 0 saturated carbocycles. The van der Waals surface area contributed by atoms with Gasteiger partial charge >= 0.3 is 159 Å². The van der Waals surface area contributed by atoms with Gasteiger partial charge < -0.3 is 0 Å². The van der Waals surface area contributed by atoms with Crippen LogP contribution in [0, 0.1) is 0 Å². The summed E-state index contributed by atoms with van der Waals surface area (Å²) in [7, 11) is 0. The van der Waals surface area contributed by atoms with Gasteiger partial charge in [0.05, 0.1) is 0 Å². The van der Waals surface area contributed by atoms with E-state index in [1.165, 1.54) is 56.7 Å². The van der Waals surface area contributed by atoms with E-state index in [9.17, 15) is 5.11 Å². The normalized spacial score (nSPS) is 12.6. The van der Waals surface area contributed by atoms with Gasteiger partial charge in [0.1, 0.15) is 0 Å². The Kier molecular flexibility index (Phi) is 12.2. The van der Waals surface area contributed by atoms with E-state index in [1.54, 1.807) is 2.92 Å². The average Bonchev–Trinajstić information content (AvgIpc) is 2.62. The molecule has 1 nitrogen and oxygen atoms in total. The Bertz CT molecular complexity index is 436. The van der Waals surface area contributed by atoms with Crippen LogP contribution in [0.2, 0.25) is 13.3 Å². The van der Waals surface area contributed by atoms with Crippen LogP contribution >= 0.6 is 11.8 Å². The summed E-state index contributed by atoms with van der Waals surface area (Å²) in [6, 6.07) is 10.8. The van der Waals surface area contributed by atoms with Crippen molar-refractivity contribution in [3.63, 3.8) is 0 Å². The summed E-state index contributed by atoms with van der Waals surface area (Å²) in [5, 5.41) is 9.70. The topological polar surface area (TPSA) is 20.2 Å². The molecule has 1 N–H and O–H groups in total. The van der Waals surface area contributed by atoms with Crippen LogP contribution < -0.4 is 0 Å². The van der Waals surface area contributed by atoms with Crippen molar-refractivity contribution in [2.24, 2.45) is 0 Å². The van der Waals surface area contributed by atoms with Gasteiger partial charge in [-0.15, -0.1) is 0 Å². The van der Waals surface area contributed by atoms with Crippen molar-refractivity contribution in [1.29, 1.82) is 0 Å². The quantitative estimate of drug-likeness (QED) is 0.254. The van der Waals surface area contributed by atoms with Crippen LogP contribution in [0.4, 0.5) is 0 Å².